The number of likely N-dealkylation sites (tertiary alicyclic amines) is 1. The predicted molar refractivity (Wildman–Crippen MR) is 66.1 cm³/mol. The minimum Gasteiger partial charge on any atom is -0.329 e. The van der Waals surface area contributed by atoms with Gasteiger partial charge in [-0.05, 0) is 37.3 Å². The molecule has 0 saturated carbocycles. The third kappa shape index (κ3) is 2.25. The van der Waals surface area contributed by atoms with E-state index in [0.717, 1.165) is 6.54 Å². The molecule has 2 nitrogen and oxygen atoms in total. The van der Waals surface area contributed by atoms with Crippen LogP contribution in [0.4, 0.5) is 0 Å². The maximum Gasteiger partial charge on any atom is 0.0442 e. The first-order chi connectivity index (χ1) is 7.36. The van der Waals surface area contributed by atoms with Gasteiger partial charge in [0.25, 0.3) is 0 Å². The van der Waals surface area contributed by atoms with Gasteiger partial charge in [0.05, 0.1) is 0 Å². The lowest BCUT2D eigenvalue weighted by Crippen LogP contribution is -2.37. The molecule has 3 heteroatoms. The fourth-order valence-electron chi connectivity index (χ4n) is 2.60. The lowest BCUT2D eigenvalue weighted by atomic mass is 10.1. The van der Waals surface area contributed by atoms with E-state index in [9.17, 15) is 0 Å². The Labute approximate surface area is 96.1 Å². The molecule has 2 unspecified atom stereocenters. The van der Waals surface area contributed by atoms with Crippen molar-refractivity contribution >= 4 is 11.3 Å². The lowest BCUT2D eigenvalue weighted by molar-refractivity contribution is 0.182. The van der Waals surface area contributed by atoms with Crippen LogP contribution < -0.4 is 5.73 Å². The Hall–Kier alpha value is -0.380. The Morgan fingerprint density at radius 3 is 3.13 bits per heavy atom. The van der Waals surface area contributed by atoms with Gasteiger partial charge in [-0.1, -0.05) is 13.0 Å². The number of hydrogen-bond acceptors (Lipinski definition) is 3. The Balaban J connectivity index is 2.12. The molecule has 1 fully saturated rings. The van der Waals surface area contributed by atoms with Gasteiger partial charge in [0.1, 0.15) is 0 Å². The third-order valence-corrected chi connectivity index (χ3v) is 4.33. The number of nitrogens with two attached hydrogens (primary N) is 1. The van der Waals surface area contributed by atoms with Gasteiger partial charge in [-0.2, -0.15) is 0 Å². The Bertz CT molecular complexity index is 284. The van der Waals surface area contributed by atoms with Crippen LogP contribution in [0.5, 0.6) is 0 Å². The topological polar surface area (TPSA) is 29.3 Å². The molecule has 2 rings (SSSR count). The average molecular weight is 224 g/mol. The summed E-state index contributed by atoms with van der Waals surface area (Å²) >= 11 is 1.87. The molecule has 0 radical (unpaired) electrons. The van der Waals surface area contributed by atoms with Crippen LogP contribution in [0.1, 0.15) is 37.1 Å². The number of hydrogen-bond donors (Lipinski definition) is 1. The molecular formula is C12H20N2S. The smallest absolute Gasteiger partial charge is 0.0442 e. The predicted octanol–water partition coefficient (Wildman–Crippen LogP) is 2.62. The van der Waals surface area contributed by atoms with Crippen LogP contribution in [0.2, 0.25) is 0 Å². The van der Waals surface area contributed by atoms with Crippen LogP contribution in [0, 0.1) is 0 Å². The van der Waals surface area contributed by atoms with Crippen molar-refractivity contribution in [2.45, 2.75) is 38.3 Å². The van der Waals surface area contributed by atoms with Gasteiger partial charge in [0.15, 0.2) is 0 Å². The molecule has 1 saturated heterocycles. The summed E-state index contributed by atoms with van der Waals surface area (Å²) in [5.41, 5.74) is 5.83. The van der Waals surface area contributed by atoms with Gasteiger partial charge in [-0.15, -0.1) is 11.3 Å². The molecule has 2 N–H and O–H groups in total. The van der Waals surface area contributed by atoms with E-state index in [1.165, 1.54) is 30.7 Å². The van der Waals surface area contributed by atoms with E-state index in [4.69, 9.17) is 5.73 Å². The van der Waals surface area contributed by atoms with Crippen LogP contribution >= 0.6 is 11.3 Å². The molecule has 0 aromatic carbocycles. The molecule has 2 atom stereocenters. The van der Waals surface area contributed by atoms with Gasteiger partial charge in [-0.3, -0.25) is 4.90 Å². The van der Waals surface area contributed by atoms with Gasteiger partial charge in [0, 0.05) is 23.5 Å². The minimum absolute atomic E-state index is 0.598. The third-order valence-electron chi connectivity index (χ3n) is 3.35. The second-order valence-corrected chi connectivity index (χ2v) is 5.19. The molecule has 1 aromatic rings. The zero-order valence-corrected chi connectivity index (χ0v) is 10.2. The monoisotopic (exact) mass is 224 g/mol. The van der Waals surface area contributed by atoms with Gasteiger partial charge in [-0.25, -0.2) is 0 Å². The van der Waals surface area contributed by atoms with E-state index in [1.54, 1.807) is 0 Å². The molecule has 0 aliphatic carbocycles. The molecule has 84 valence electrons. The van der Waals surface area contributed by atoms with Crippen molar-refractivity contribution in [3.05, 3.63) is 22.4 Å². The van der Waals surface area contributed by atoms with Crippen molar-refractivity contribution in [3.63, 3.8) is 0 Å². The summed E-state index contributed by atoms with van der Waals surface area (Å²) in [4.78, 5) is 4.10. The van der Waals surface area contributed by atoms with E-state index >= 15 is 0 Å². The Morgan fingerprint density at radius 2 is 2.53 bits per heavy atom. The number of rotatable bonds is 4. The normalized spacial score (nSPS) is 24.5. The molecule has 0 spiro atoms. The van der Waals surface area contributed by atoms with Crippen LogP contribution in [-0.4, -0.2) is 24.0 Å². The van der Waals surface area contributed by atoms with Crippen molar-refractivity contribution in [1.82, 2.24) is 4.90 Å². The maximum atomic E-state index is 5.83. The lowest BCUT2D eigenvalue weighted by Gasteiger charge is -2.31. The summed E-state index contributed by atoms with van der Waals surface area (Å²) in [5.74, 6) is 0. The Morgan fingerprint density at radius 1 is 1.67 bits per heavy atom. The molecule has 1 aromatic heterocycles. The largest absolute Gasteiger partial charge is 0.329 e. The van der Waals surface area contributed by atoms with Crippen molar-refractivity contribution in [1.29, 1.82) is 0 Å². The first-order valence-corrected chi connectivity index (χ1v) is 6.74. The van der Waals surface area contributed by atoms with Crippen molar-refractivity contribution in [3.8, 4) is 0 Å². The molecular weight excluding hydrogens is 204 g/mol. The van der Waals surface area contributed by atoms with E-state index < -0.39 is 0 Å². The zero-order chi connectivity index (χ0) is 10.7. The molecule has 2 heterocycles. The minimum atomic E-state index is 0.598. The summed E-state index contributed by atoms with van der Waals surface area (Å²) in [6, 6.07) is 5.61. The van der Waals surface area contributed by atoms with Crippen molar-refractivity contribution < 1.29 is 0 Å². The van der Waals surface area contributed by atoms with E-state index in [2.05, 4.69) is 29.3 Å². The van der Waals surface area contributed by atoms with Gasteiger partial charge < -0.3 is 5.73 Å². The van der Waals surface area contributed by atoms with E-state index in [1.807, 2.05) is 11.3 Å². The molecule has 1 aliphatic heterocycles. The zero-order valence-electron chi connectivity index (χ0n) is 9.36. The second-order valence-electron chi connectivity index (χ2n) is 4.21. The molecule has 0 amide bonds. The highest BCUT2D eigenvalue weighted by Gasteiger charge is 2.29. The molecule has 1 aliphatic rings. The fourth-order valence-corrected chi connectivity index (χ4v) is 3.53. The quantitative estimate of drug-likeness (QED) is 0.852. The number of thiophene rings is 1. The highest BCUT2D eigenvalue weighted by Crippen LogP contribution is 2.33. The molecule has 15 heavy (non-hydrogen) atoms. The summed E-state index contributed by atoms with van der Waals surface area (Å²) in [6.45, 7) is 4.30. The van der Waals surface area contributed by atoms with Gasteiger partial charge >= 0.3 is 0 Å². The highest BCUT2D eigenvalue weighted by atomic mass is 32.1. The summed E-state index contributed by atoms with van der Waals surface area (Å²) in [6.07, 6.45) is 3.78. The van der Waals surface area contributed by atoms with Crippen LogP contribution in [-0.2, 0) is 0 Å². The van der Waals surface area contributed by atoms with E-state index in [-0.39, 0.29) is 0 Å². The summed E-state index contributed by atoms with van der Waals surface area (Å²) in [7, 11) is 0. The van der Waals surface area contributed by atoms with Crippen molar-refractivity contribution in [2.75, 3.05) is 13.1 Å². The van der Waals surface area contributed by atoms with E-state index in [0.29, 0.717) is 12.1 Å². The van der Waals surface area contributed by atoms with Crippen molar-refractivity contribution in [2.24, 2.45) is 5.73 Å². The average Bonchev–Trinajstić information content (AvgIpc) is 2.89. The summed E-state index contributed by atoms with van der Waals surface area (Å²) in [5, 5.41) is 2.17. The second kappa shape index (κ2) is 5.10. The standard InChI is InChI=1S/C12H20N2S/c1-2-11(12-6-4-8-15-12)14-7-3-5-10(14)9-13/h4,6,8,10-11H,2-3,5,7,9,13H2,1H3. The first kappa shape index (κ1) is 11.1. The number of nitrogens with zero attached hydrogens (tertiary/aromatic N) is 1. The highest BCUT2D eigenvalue weighted by molar-refractivity contribution is 7.10. The summed E-state index contributed by atoms with van der Waals surface area (Å²) < 4.78 is 0. The van der Waals surface area contributed by atoms with Crippen LogP contribution in [0.3, 0.4) is 0 Å². The van der Waals surface area contributed by atoms with Crippen LogP contribution in [0.25, 0.3) is 0 Å². The Kier molecular flexibility index (Phi) is 3.78. The fraction of sp³-hybridized carbons (Fsp3) is 0.667. The first-order valence-electron chi connectivity index (χ1n) is 5.86. The van der Waals surface area contributed by atoms with Crippen LogP contribution in [0.15, 0.2) is 17.5 Å². The molecule has 0 bridgehead atoms. The maximum absolute atomic E-state index is 5.83. The SMILES string of the molecule is CCC(c1cccs1)N1CCCC1CN. The van der Waals surface area contributed by atoms with Gasteiger partial charge in [0.2, 0.25) is 0 Å².